The Kier molecular flexibility index (Phi) is 6.97. The van der Waals surface area contributed by atoms with Crippen molar-refractivity contribution in [3.05, 3.63) is 64.9 Å². The molecule has 2 heterocycles. The van der Waals surface area contributed by atoms with Crippen LogP contribution in [0.15, 0.2) is 48.8 Å². The average Bonchev–Trinajstić information content (AvgIpc) is 3.09. The summed E-state index contributed by atoms with van der Waals surface area (Å²) in [5.74, 6) is 0.647. The van der Waals surface area contributed by atoms with E-state index in [2.05, 4.69) is 24.1 Å². The molecule has 1 aliphatic heterocycles. The third-order valence-corrected chi connectivity index (χ3v) is 6.24. The summed E-state index contributed by atoms with van der Waals surface area (Å²) in [5.41, 5.74) is 1.36. The first-order chi connectivity index (χ1) is 13.5. The van der Waals surface area contributed by atoms with Crippen LogP contribution in [0.2, 0.25) is 5.02 Å². The lowest BCUT2D eigenvalue weighted by Crippen LogP contribution is -2.50. The van der Waals surface area contributed by atoms with Crippen molar-refractivity contribution in [3.8, 4) is 0 Å². The number of hydrogen-bond acceptors (Lipinski definition) is 4. The summed E-state index contributed by atoms with van der Waals surface area (Å²) in [4.78, 5) is 32.0. The molecule has 0 spiro atoms. The van der Waals surface area contributed by atoms with Crippen LogP contribution >= 0.6 is 23.4 Å². The van der Waals surface area contributed by atoms with Gasteiger partial charge in [-0.15, -0.1) is 11.8 Å². The molecule has 1 aromatic carbocycles. The standard InChI is InChI=1S/C21H24ClN3O2S/c1-14(2)10-19-25(21(27)16-7-3-4-8-17(16)22)18(13-28-19)20(26)24-12-15-6-5-9-23-11-15/h3-9,11,14,18-19H,10,12-13H2,1-2H3,(H,24,26). The number of carbonyl (C=O) groups excluding carboxylic acids is 2. The normalized spacial score (nSPS) is 19.1. The van der Waals surface area contributed by atoms with Gasteiger partial charge in [0.2, 0.25) is 5.91 Å². The van der Waals surface area contributed by atoms with E-state index >= 15 is 0 Å². The van der Waals surface area contributed by atoms with Crippen molar-refractivity contribution in [1.82, 2.24) is 15.2 Å². The largest absolute Gasteiger partial charge is 0.350 e. The van der Waals surface area contributed by atoms with E-state index in [1.165, 1.54) is 0 Å². The minimum absolute atomic E-state index is 0.0436. The zero-order chi connectivity index (χ0) is 20.1. The number of hydrogen-bond donors (Lipinski definition) is 1. The van der Waals surface area contributed by atoms with E-state index < -0.39 is 6.04 Å². The molecule has 1 N–H and O–H groups in total. The maximum atomic E-state index is 13.3. The van der Waals surface area contributed by atoms with Crippen LogP contribution in [0.3, 0.4) is 0 Å². The molecule has 1 aromatic heterocycles. The molecular weight excluding hydrogens is 394 g/mol. The highest BCUT2D eigenvalue weighted by atomic mass is 35.5. The van der Waals surface area contributed by atoms with E-state index in [0.717, 1.165) is 12.0 Å². The number of rotatable bonds is 6. The van der Waals surface area contributed by atoms with E-state index in [-0.39, 0.29) is 17.2 Å². The Balaban J connectivity index is 1.79. The van der Waals surface area contributed by atoms with Crippen molar-refractivity contribution in [2.45, 2.75) is 38.2 Å². The lowest BCUT2D eigenvalue weighted by Gasteiger charge is -2.30. The van der Waals surface area contributed by atoms with Gasteiger partial charge in [0.05, 0.1) is 16.0 Å². The minimum Gasteiger partial charge on any atom is -0.350 e. The van der Waals surface area contributed by atoms with Crippen LogP contribution in [0.4, 0.5) is 0 Å². The second-order valence-corrected chi connectivity index (χ2v) is 8.82. The molecule has 1 fully saturated rings. The number of nitrogens with one attached hydrogen (secondary N) is 1. The van der Waals surface area contributed by atoms with E-state index in [1.54, 1.807) is 53.3 Å². The van der Waals surface area contributed by atoms with Crippen molar-refractivity contribution < 1.29 is 9.59 Å². The molecule has 28 heavy (non-hydrogen) atoms. The van der Waals surface area contributed by atoms with Gasteiger partial charge in [0.15, 0.2) is 0 Å². The first kappa shape index (κ1) is 20.7. The van der Waals surface area contributed by atoms with Gasteiger partial charge in [-0.3, -0.25) is 14.6 Å². The maximum absolute atomic E-state index is 13.3. The lowest BCUT2D eigenvalue weighted by molar-refractivity contribution is -0.125. The van der Waals surface area contributed by atoms with Gasteiger partial charge in [-0.1, -0.05) is 43.6 Å². The molecule has 2 amide bonds. The lowest BCUT2D eigenvalue weighted by atomic mass is 10.1. The number of pyridine rings is 1. The number of benzene rings is 1. The van der Waals surface area contributed by atoms with Gasteiger partial charge in [0.25, 0.3) is 5.91 Å². The first-order valence-electron chi connectivity index (χ1n) is 9.32. The van der Waals surface area contributed by atoms with Gasteiger partial charge in [-0.05, 0) is 36.1 Å². The quantitative estimate of drug-likeness (QED) is 0.772. The molecule has 148 valence electrons. The molecular formula is C21H24ClN3O2S. The summed E-state index contributed by atoms with van der Waals surface area (Å²) >= 11 is 7.91. The molecule has 1 aliphatic rings. The highest BCUT2D eigenvalue weighted by Crippen LogP contribution is 2.35. The molecule has 0 bridgehead atoms. The highest BCUT2D eigenvalue weighted by Gasteiger charge is 2.42. The maximum Gasteiger partial charge on any atom is 0.256 e. The van der Waals surface area contributed by atoms with Gasteiger partial charge < -0.3 is 10.2 Å². The molecule has 5 nitrogen and oxygen atoms in total. The fraction of sp³-hybridized carbons (Fsp3) is 0.381. The van der Waals surface area contributed by atoms with Gasteiger partial charge in [0, 0.05) is 24.7 Å². The second-order valence-electron chi connectivity index (χ2n) is 7.20. The Hall–Kier alpha value is -2.05. The Morgan fingerprint density at radius 3 is 2.75 bits per heavy atom. The van der Waals surface area contributed by atoms with Gasteiger partial charge in [0.1, 0.15) is 6.04 Å². The summed E-state index contributed by atoms with van der Waals surface area (Å²) in [6.07, 6.45) is 4.24. The highest BCUT2D eigenvalue weighted by molar-refractivity contribution is 8.00. The second kappa shape index (κ2) is 9.43. The zero-order valence-electron chi connectivity index (χ0n) is 16.0. The Bertz CT molecular complexity index is 831. The van der Waals surface area contributed by atoms with E-state index in [0.29, 0.717) is 28.8 Å². The molecule has 2 unspecified atom stereocenters. The van der Waals surface area contributed by atoms with Gasteiger partial charge in [-0.25, -0.2) is 0 Å². The number of nitrogens with zero attached hydrogens (tertiary/aromatic N) is 2. The van der Waals surface area contributed by atoms with Gasteiger partial charge >= 0.3 is 0 Å². The number of thioether (sulfide) groups is 1. The molecule has 0 radical (unpaired) electrons. The van der Waals surface area contributed by atoms with Crippen LogP contribution in [0.25, 0.3) is 0 Å². The Labute approximate surface area is 174 Å². The van der Waals surface area contributed by atoms with Crippen LogP contribution in [0.5, 0.6) is 0 Å². The monoisotopic (exact) mass is 417 g/mol. The number of halogens is 1. The zero-order valence-corrected chi connectivity index (χ0v) is 17.5. The van der Waals surface area contributed by atoms with Crippen molar-refractivity contribution in [2.24, 2.45) is 5.92 Å². The Morgan fingerprint density at radius 1 is 1.29 bits per heavy atom. The molecule has 0 aliphatic carbocycles. The summed E-state index contributed by atoms with van der Waals surface area (Å²) in [6, 6.07) is 10.2. The molecule has 1 saturated heterocycles. The summed E-state index contributed by atoms with van der Waals surface area (Å²) in [6.45, 7) is 4.62. The topological polar surface area (TPSA) is 62.3 Å². The summed E-state index contributed by atoms with van der Waals surface area (Å²) in [5, 5.41) is 3.31. The summed E-state index contributed by atoms with van der Waals surface area (Å²) in [7, 11) is 0. The number of carbonyl (C=O) groups is 2. The van der Waals surface area contributed by atoms with Crippen LogP contribution in [0.1, 0.15) is 36.2 Å². The van der Waals surface area contributed by atoms with Crippen molar-refractivity contribution in [2.75, 3.05) is 5.75 Å². The molecule has 3 rings (SSSR count). The Morgan fingerprint density at radius 2 is 2.07 bits per heavy atom. The van der Waals surface area contributed by atoms with Crippen LogP contribution in [-0.2, 0) is 11.3 Å². The van der Waals surface area contributed by atoms with E-state index in [1.807, 2.05) is 12.1 Å². The van der Waals surface area contributed by atoms with Crippen molar-refractivity contribution in [3.63, 3.8) is 0 Å². The summed E-state index contributed by atoms with van der Waals surface area (Å²) < 4.78 is 0. The number of aromatic nitrogens is 1. The van der Waals surface area contributed by atoms with E-state index in [9.17, 15) is 9.59 Å². The first-order valence-corrected chi connectivity index (χ1v) is 10.8. The molecule has 2 atom stereocenters. The SMILES string of the molecule is CC(C)CC1SCC(C(=O)NCc2cccnc2)N1C(=O)c1ccccc1Cl. The molecule has 2 aromatic rings. The fourth-order valence-corrected chi connectivity index (χ4v) is 5.06. The predicted molar refractivity (Wildman–Crippen MR) is 113 cm³/mol. The smallest absolute Gasteiger partial charge is 0.256 e. The molecule has 7 heteroatoms. The van der Waals surface area contributed by atoms with Crippen molar-refractivity contribution >= 4 is 35.2 Å². The predicted octanol–water partition coefficient (Wildman–Crippen LogP) is 3.98. The third kappa shape index (κ3) is 4.86. The van der Waals surface area contributed by atoms with Gasteiger partial charge in [-0.2, -0.15) is 0 Å². The van der Waals surface area contributed by atoms with Crippen LogP contribution < -0.4 is 5.32 Å². The molecule has 0 saturated carbocycles. The van der Waals surface area contributed by atoms with Crippen LogP contribution in [0, 0.1) is 5.92 Å². The average molecular weight is 418 g/mol. The van der Waals surface area contributed by atoms with Crippen molar-refractivity contribution in [1.29, 1.82) is 0 Å². The fourth-order valence-electron chi connectivity index (χ4n) is 3.21. The third-order valence-electron chi connectivity index (χ3n) is 4.60. The minimum atomic E-state index is -0.519. The van der Waals surface area contributed by atoms with Crippen LogP contribution in [-0.4, -0.2) is 38.9 Å². The van der Waals surface area contributed by atoms with E-state index in [4.69, 9.17) is 11.6 Å². The number of amides is 2.